The first-order valence-electron chi connectivity index (χ1n) is 8.33. The van der Waals surface area contributed by atoms with Gasteiger partial charge in [-0.2, -0.15) is 0 Å². The van der Waals surface area contributed by atoms with E-state index in [4.69, 9.17) is 4.74 Å². The predicted molar refractivity (Wildman–Crippen MR) is 99.3 cm³/mol. The summed E-state index contributed by atoms with van der Waals surface area (Å²) in [7, 11) is 0. The number of ether oxygens (including phenoxy) is 1. The lowest BCUT2D eigenvalue weighted by Crippen LogP contribution is -2.11. The van der Waals surface area contributed by atoms with Gasteiger partial charge < -0.3 is 4.74 Å². The van der Waals surface area contributed by atoms with Crippen molar-refractivity contribution < 1.29 is 14.5 Å². The van der Waals surface area contributed by atoms with Crippen LogP contribution in [0, 0.1) is 17.0 Å². The van der Waals surface area contributed by atoms with Crippen molar-refractivity contribution in [3.63, 3.8) is 0 Å². The minimum atomic E-state index is -0.676. The van der Waals surface area contributed by atoms with Crippen LogP contribution in [0.3, 0.4) is 0 Å². The Morgan fingerprint density at radius 3 is 2.96 bits per heavy atom. The Morgan fingerprint density at radius 2 is 2.29 bits per heavy atom. The molecule has 28 heavy (non-hydrogen) atoms. The number of aromatic nitrogens is 5. The zero-order valence-electron chi connectivity index (χ0n) is 14.6. The van der Waals surface area contributed by atoms with E-state index < -0.39 is 10.9 Å². The molecule has 0 bridgehead atoms. The average Bonchev–Trinajstić information content (AvgIpc) is 3.27. The number of benzene rings is 1. The first kappa shape index (κ1) is 18.5. The maximum atomic E-state index is 12.7. The van der Waals surface area contributed by atoms with Gasteiger partial charge in [0, 0.05) is 28.1 Å². The molecule has 1 saturated carbocycles. The molecule has 144 valence electrons. The number of non-ortho nitro benzene ring substituents is 1. The number of nitro groups is 1. The lowest BCUT2D eigenvalue weighted by molar-refractivity contribution is -0.384. The Labute approximate surface area is 167 Å². The van der Waals surface area contributed by atoms with Gasteiger partial charge in [-0.05, 0) is 36.3 Å². The monoisotopic (exact) mass is 418 g/mol. The molecule has 1 aliphatic carbocycles. The van der Waals surface area contributed by atoms with E-state index >= 15 is 0 Å². The smallest absolute Gasteiger partial charge is 0.339 e. The molecule has 3 aromatic rings. The van der Waals surface area contributed by atoms with Crippen LogP contribution in [0.25, 0.3) is 0 Å². The van der Waals surface area contributed by atoms with E-state index in [1.807, 2.05) is 12.3 Å². The summed E-state index contributed by atoms with van der Waals surface area (Å²) in [5.41, 5.74) is 0.789. The number of tetrazole rings is 1. The van der Waals surface area contributed by atoms with Crippen LogP contribution in [0.5, 0.6) is 0 Å². The largest absolute Gasteiger partial charge is 0.454 e. The molecule has 0 radical (unpaired) electrons. The molecule has 2 aromatic heterocycles. The number of thiazole rings is 1. The van der Waals surface area contributed by atoms with Gasteiger partial charge in [-0.3, -0.25) is 10.1 Å². The van der Waals surface area contributed by atoms with Crippen LogP contribution in [0.2, 0.25) is 0 Å². The standard InChI is InChI=1S/C16H14N6O4S2/c1-9-8-27-16(17-9)28-13-5-4-11(22(24)25)6-12(13)15(23)26-7-14-18-19-20-21(14)10-2-3-10/h4-6,8,10H,2-3,7H2,1H3. The van der Waals surface area contributed by atoms with Crippen molar-refractivity contribution in [3.05, 3.63) is 50.8 Å². The molecule has 0 spiro atoms. The second-order valence-corrected chi connectivity index (χ2v) is 8.29. The molecule has 0 unspecified atom stereocenters. The molecule has 1 aliphatic rings. The van der Waals surface area contributed by atoms with E-state index in [1.165, 1.54) is 41.3 Å². The highest BCUT2D eigenvalue weighted by molar-refractivity contribution is 8.01. The summed E-state index contributed by atoms with van der Waals surface area (Å²) in [6.45, 7) is 1.76. The van der Waals surface area contributed by atoms with Crippen molar-refractivity contribution in [1.82, 2.24) is 25.2 Å². The van der Waals surface area contributed by atoms with Crippen LogP contribution >= 0.6 is 23.1 Å². The maximum absolute atomic E-state index is 12.7. The van der Waals surface area contributed by atoms with Gasteiger partial charge in [0.15, 0.2) is 16.8 Å². The second kappa shape index (κ2) is 7.64. The molecule has 10 nitrogen and oxygen atoms in total. The number of nitro benzene ring substituents is 1. The third-order valence-corrected chi connectivity index (χ3v) is 6.11. The van der Waals surface area contributed by atoms with Crippen LogP contribution in [0.1, 0.15) is 40.8 Å². The minimum Gasteiger partial charge on any atom is -0.454 e. The molecule has 1 fully saturated rings. The van der Waals surface area contributed by atoms with Gasteiger partial charge in [-0.15, -0.1) is 16.4 Å². The third-order valence-electron chi connectivity index (χ3n) is 3.98. The Hall–Kier alpha value is -2.86. The minimum absolute atomic E-state index is 0.106. The van der Waals surface area contributed by atoms with Gasteiger partial charge >= 0.3 is 5.97 Å². The highest BCUT2D eigenvalue weighted by atomic mass is 32.2. The number of hydrogen-bond acceptors (Lipinski definition) is 10. The molecule has 4 rings (SSSR count). The molecular formula is C16H14N6O4S2. The van der Waals surface area contributed by atoms with E-state index in [1.54, 1.807) is 4.68 Å². The summed E-state index contributed by atoms with van der Waals surface area (Å²) in [5, 5.41) is 24.4. The van der Waals surface area contributed by atoms with Gasteiger partial charge in [-0.25, -0.2) is 14.5 Å². The van der Waals surface area contributed by atoms with Gasteiger partial charge in [0.2, 0.25) is 0 Å². The van der Waals surface area contributed by atoms with E-state index in [-0.39, 0.29) is 23.9 Å². The molecule has 12 heteroatoms. The SMILES string of the molecule is Cc1csc(Sc2ccc([N+](=O)[O-])cc2C(=O)OCc2nnnn2C2CC2)n1. The molecular weight excluding hydrogens is 404 g/mol. The number of carbonyl (C=O) groups is 1. The van der Waals surface area contributed by atoms with Crippen molar-refractivity contribution in [3.8, 4) is 0 Å². The van der Waals surface area contributed by atoms with Gasteiger partial charge in [0.05, 0.1) is 16.5 Å². The highest BCUT2D eigenvalue weighted by Crippen LogP contribution is 2.36. The molecule has 0 atom stereocenters. The van der Waals surface area contributed by atoms with Gasteiger partial charge in [-0.1, -0.05) is 11.8 Å². The quantitative estimate of drug-likeness (QED) is 0.323. The van der Waals surface area contributed by atoms with Crippen LogP contribution in [0.15, 0.2) is 32.8 Å². The van der Waals surface area contributed by atoms with Crippen molar-refractivity contribution in [2.45, 2.75) is 41.6 Å². The van der Waals surface area contributed by atoms with E-state index in [0.29, 0.717) is 10.7 Å². The van der Waals surface area contributed by atoms with Crippen molar-refractivity contribution in [2.24, 2.45) is 0 Å². The van der Waals surface area contributed by atoms with Crippen LogP contribution in [-0.2, 0) is 11.3 Å². The summed E-state index contributed by atoms with van der Waals surface area (Å²) in [4.78, 5) is 28.1. The molecule has 1 aromatic carbocycles. The Bertz CT molecular complexity index is 1050. The Balaban J connectivity index is 1.56. The van der Waals surface area contributed by atoms with E-state index in [9.17, 15) is 14.9 Å². The summed E-state index contributed by atoms with van der Waals surface area (Å²) < 4.78 is 7.74. The van der Waals surface area contributed by atoms with Crippen LogP contribution in [-0.4, -0.2) is 36.1 Å². The highest BCUT2D eigenvalue weighted by Gasteiger charge is 2.28. The summed E-state index contributed by atoms with van der Waals surface area (Å²) in [6, 6.07) is 4.35. The van der Waals surface area contributed by atoms with Crippen LogP contribution in [0.4, 0.5) is 5.69 Å². The summed E-state index contributed by atoms with van der Waals surface area (Å²) in [6.07, 6.45) is 1.98. The molecule has 0 N–H and O–H groups in total. The van der Waals surface area contributed by atoms with Crippen molar-refractivity contribution in [1.29, 1.82) is 0 Å². The molecule has 0 saturated heterocycles. The molecule has 0 amide bonds. The first-order chi connectivity index (χ1) is 13.5. The maximum Gasteiger partial charge on any atom is 0.339 e. The number of aryl methyl sites for hydroxylation is 1. The normalized spacial score (nSPS) is 13.5. The van der Waals surface area contributed by atoms with E-state index in [0.717, 1.165) is 22.9 Å². The van der Waals surface area contributed by atoms with Gasteiger partial charge in [0.25, 0.3) is 5.69 Å². The van der Waals surface area contributed by atoms with Crippen molar-refractivity contribution >= 4 is 34.8 Å². The summed E-state index contributed by atoms with van der Waals surface area (Å²) in [5.74, 6) is -0.226. The van der Waals surface area contributed by atoms with Crippen molar-refractivity contribution in [2.75, 3.05) is 0 Å². The number of hydrogen-bond donors (Lipinski definition) is 0. The summed E-state index contributed by atoms with van der Waals surface area (Å²) >= 11 is 2.70. The fourth-order valence-corrected chi connectivity index (χ4v) is 4.36. The number of carbonyl (C=O) groups excluding carboxylic acids is 1. The molecule has 2 heterocycles. The number of nitrogens with zero attached hydrogens (tertiary/aromatic N) is 6. The zero-order chi connectivity index (χ0) is 19.7. The second-order valence-electron chi connectivity index (χ2n) is 6.14. The van der Waals surface area contributed by atoms with Gasteiger partial charge in [0.1, 0.15) is 0 Å². The van der Waals surface area contributed by atoms with Crippen LogP contribution < -0.4 is 0 Å². The fraction of sp³-hybridized carbons (Fsp3) is 0.312. The fourth-order valence-electron chi connectivity index (χ4n) is 2.47. The Kier molecular flexibility index (Phi) is 5.05. The Morgan fingerprint density at radius 1 is 1.46 bits per heavy atom. The molecule has 0 aliphatic heterocycles. The lowest BCUT2D eigenvalue weighted by Gasteiger charge is -2.08. The first-order valence-corrected chi connectivity index (χ1v) is 10.0. The average molecular weight is 418 g/mol. The zero-order valence-corrected chi connectivity index (χ0v) is 16.3. The number of esters is 1. The third kappa shape index (κ3) is 4.02. The topological polar surface area (TPSA) is 126 Å². The predicted octanol–water partition coefficient (Wildman–Crippen LogP) is 3.19. The number of rotatable bonds is 7. The lowest BCUT2D eigenvalue weighted by atomic mass is 10.2. The van der Waals surface area contributed by atoms with E-state index in [2.05, 4.69) is 20.5 Å².